The summed E-state index contributed by atoms with van der Waals surface area (Å²) in [6.45, 7) is 5.41. The predicted octanol–water partition coefficient (Wildman–Crippen LogP) is 3.46. The van der Waals surface area contributed by atoms with Crippen LogP contribution in [0.15, 0.2) is 56.8 Å². The van der Waals surface area contributed by atoms with Gasteiger partial charge in [0.25, 0.3) is 6.20 Å². The zero-order valence-corrected chi connectivity index (χ0v) is 18.3. The van der Waals surface area contributed by atoms with Crippen molar-refractivity contribution >= 4 is 17.6 Å². The van der Waals surface area contributed by atoms with Gasteiger partial charge in [0.05, 0.1) is 17.3 Å². The molecule has 0 aliphatic carbocycles. The van der Waals surface area contributed by atoms with E-state index in [-0.39, 0.29) is 18.1 Å². The van der Waals surface area contributed by atoms with Crippen molar-refractivity contribution in [2.24, 2.45) is 4.99 Å². The molecule has 0 aliphatic rings. The average molecular weight is 472 g/mol. The molecular formula is C22H19F3N6O3. The van der Waals surface area contributed by atoms with Crippen LogP contribution in [0.5, 0.6) is 0 Å². The molecule has 0 radical (unpaired) electrons. The summed E-state index contributed by atoms with van der Waals surface area (Å²) in [5.41, 5.74) is 2.63. The first-order chi connectivity index (χ1) is 16.1. The van der Waals surface area contributed by atoms with E-state index in [0.29, 0.717) is 17.0 Å². The lowest BCUT2D eigenvalue weighted by Crippen LogP contribution is -2.35. The van der Waals surface area contributed by atoms with E-state index in [1.54, 1.807) is 6.20 Å². The van der Waals surface area contributed by atoms with E-state index < -0.39 is 17.8 Å². The van der Waals surface area contributed by atoms with Gasteiger partial charge in [-0.2, -0.15) is 13.2 Å². The maximum atomic E-state index is 13.0. The predicted molar refractivity (Wildman–Crippen MR) is 112 cm³/mol. The number of hydrogen-bond donors (Lipinski definition) is 1. The number of pyridine rings is 1. The Hall–Kier alpha value is -4.22. The second kappa shape index (κ2) is 8.96. The van der Waals surface area contributed by atoms with Crippen LogP contribution in [0.1, 0.15) is 28.3 Å². The van der Waals surface area contributed by atoms with Crippen molar-refractivity contribution < 1.29 is 32.0 Å². The van der Waals surface area contributed by atoms with Crippen molar-refractivity contribution in [2.75, 3.05) is 5.32 Å². The molecule has 0 unspecified atom stereocenters. The fourth-order valence-electron chi connectivity index (χ4n) is 3.39. The van der Waals surface area contributed by atoms with Gasteiger partial charge in [-0.15, -0.1) is 0 Å². The Morgan fingerprint density at radius 2 is 1.94 bits per heavy atom. The number of benzene rings is 1. The lowest BCUT2D eigenvalue weighted by molar-refractivity contribution is -0.755. The molecule has 34 heavy (non-hydrogen) atoms. The molecule has 0 saturated carbocycles. The van der Waals surface area contributed by atoms with E-state index in [0.717, 1.165) is 29.0 Å². The van der Waals surface area contributed by atoms with Crippen LogP contribution < -0.4 is 15.1 Å². The summed E-state index contributed by atoms with van der Waals surface area (Å²) >= 11 is 0. The number of aromatic nitrogens is 4. The van der Waals surface area contributed by atoms with E-state index in [2.05, 4.69) is 25.7 Å². The lowest BCUT2D eigenvalue weighted by Gasteiger charge is -2.15. The number of halogens is 3. The Morgan fingerprint density at radius 1 is 1.15 bits per heavy atom. The first kappa shape index (κ1) is 23.0. The summed E-state index contributed by atoms with van der Waals surface area (Å²) in [4.78, 5) is 8.09. The number of amidine groups is 1. The maximum absolute atomic E-state index is 13.0. The molecule has 0 fully saturated rings. The minimum Gasteiger partial charge on any atom is -0.846 e. The number of nitrogens with one attached hydrogen (secondary N) is 1. The monoisotopic (exact) mass is 472 g/mol. The smallest absolute Gasteiger partial charge is 0.416 e. The molecule has 0 atom stereocenters. The minimum absolute atomic E-state index is 0.0314. The SMILES string of the molecule is Cc1cc(NC([O-])=Nc2c[n+](Cc3ccc(-c4c(C)noc4C)cn3)no2)cc(C(F)(F)F)c1. The lowest BCUT2D eigenvalue weighted by atomic mass is 10.1. The molecule has 4 rings (SSSR count). The minimum atomic E-state index is -4.53. The van der Waals surface area contributed by atoms with Crippen molar-refractivity contribution in [3.8, 4) is 11.1 Å². The van der Waals surface area contributed by atoms with Crippen LogP contribution in [-0.4, -0.2) is 21.4 Å². The molecule has 0 bridgehead atoms. The number of aryl methyl sites for hydroxylation is 3. The summed E-state index contributed by atoms with van der Waals surface area (Å²) in [5.74, 6) is 0.580. The van der Waals surface area contributed by atoms with E-state index in [1.165, 1.54) is 23.9 Å². The number of nitrogens with zero attached hydrogens (tertiary/aromatic N) is 5. The van der Waals surface area contributed by atoms with Crippen LogP contribution in [0.4, 0.5) is 24.7 Å². The highest BCUT2D eigenvalue weighted by molar-refractivity contribution is 5.87. The summed E-state index contributed by atoms with van der Waals surface area (Å²) in [5, 5.41) is 22.2. The normalized spacial score (nSPS) is 12.2. The van der Waals surface area contributed by atoms with E-state index in [1.807, 2.05) is 26.0 Å². The van der Waals surface area contributed by atoms with Gasteiger partial charge in [-0.05, 0) is 55.3 Å². The topological polar surface area (TPSA) is 116 Å². The molecule has 0 spiro atoms. The molecular weight excluding hydrogens is 453 g/mol. The Bertz CT molecular complexity index is 1320. The summed E-state index contributed by atoms with van der Waals surface area (Å²) in [6, 6.07) is 6.01. The molecule has 3 heterocycles. The van der Waals surface area contributed by atoms with Crippen LogP contribution in [0.3, 0.4) is 0 Å². The first-order valence-corrected chi connectivity index (χ1v) is 10.0. The van der Waals surface area contributed by atoms with Crippen molar-refractivity contribution in [1.29, 1.82) is 0 Å². The number of hydrogen-bond acceptors (Lipinski definition) is 7. The van der Waals surface area contributed by atoms with Gasteiger partial charge in [-0.25, -0.2) is 4.99 Å². The van der Waals surface area contributed by atoms with Crippen molar-refractivity contribution in [2.45, 2.75) is 33.5 Å². The van der Waals surface area contributed by atoms with Crippen molar-refractivity contribution in [1.82, 2.24) is 15.4 Å². The molecule has 0 amide bonds. The highest BCUT2D eigenvalue weighted by Crippen LogP contribution is 2.32. The molecule has 1 N–H and O–H groups in total. The Morgan fingerprint density at radius 3 is 2.59 bits per heavy atom. The molecule has 12 heteroatoms. The maximum Gasteiger partial charge on any atom is 0.416 e. The second-order valence-corrected chi connectivity index (χ2v) is 7.60. The van der Waals surface area contributed by atoms with Gasteiger partial charge < -0.3 is 14.9 Å². The summed E-state index contributed by atoms with van der Waals surface area (Å²) < 4.78 is 50.5. The number of rotatable bonds is 5. The van der Waals surface area contributed by atoms with Crippen molar-refractivity contribution in [3.63, 3.8) is 0 Å². The zero-order valence-electron chi connectivity index (χ0n) is 18.3. The van der Waals surface area contributed by atoms with Crippen molar-refractivity contribution in [3.05, 3.63) is 71.0 Å². The quantitative estimate of drug-likeness (QED) is 0.269. The highest BCUT2D eigenvalue weighted by Gasteiger charge is 2.30. The van der Waals surface area contributed by atoms with Gasteiger partial charge in [-0.1, -0.05) is 11.2 Å². The average Bonchev–Trinajstić information content (AvgIpc) is 3.33. The van der Waals surface area contributed by atoms with Crippen LogP contribution in [0.2, 0.25) is 0 Å². The second-order valence-electron chi connectivity index (χ2n) is 7.60. The summed E-state index contributed by atoms with van der Waals surface area (Å²) in [7, 11) is 0. The van der Waals surface area contributed by atoms with Crippen LogP contribution in [0.25, 0.3) is 11.1 Å². The highest BCUT2D eigenvalue weighted by atomic mass is 19.4. The number of alkyl halides is 3. The van der Waals surface area contributed by atoms with Gasteiger partial charge in [0.2, 0.25) is 11.8 Å². The molecule has 1 aromatic carbocycles. The number of anilines is 1. The Balaban J connectivity index is 1.44. The van der Waals surface area contributed by atoms with Crippen LogP contribution >= 0.6 is 0 Å². The van der Waals surface area contributed by atoms with Gasteiger partial charge >= 0.3 is 12.1 Å². The zero-order chi connectivity index (χ0) is 24.5. The third-order valence-electron chi connectivity index (χ3n) is 4.84. The van der Waals surface area contributed by atoms with E-state index in [9.17, 15) is 18.3 Å². The Labute approximate surface area is 191 Å². The third kappa shape index (κ3) is 5.22. The molecule has 0 aliphatic heterocycles. The standard InChI is InChI=1S/C22H19F3N6O3/c1-12-6-16(22(23,24)25)8-18(7-12)27-21(32)28-19-11-31(30-34-19)10-17-5-4-15(9-26-17)20-13(2)29-33-14(20)3/h4-9,11H,10H2,1-3H3,(H-,27,28,30,32). The van der Waals surface area contributed by atoms with Crippen LogP contribution in [0, 0.1) is 20.8 Å². The molecule has 9 nitrogen and oxygen atoms in total. The van der Waals surface area contributed by atoms with Gasteiger partial charge in [0.1, 0.15) is 11.5 Å². The summed E-state index contributed by atoms with van der Waals surface area (Å²) in [6.07, 6.45) is -1.46. The molecule has 4 aromatic rings. The fourth-order valence-corrected chi connectivity index (χ4v) is 3.39. The van der Waals surface area contributed by atoms with Gasteiger partial charge in [0.15, 0.2) is 0 Å². The first-order valence-electron chi connectivity index (χ1n) is 10.0. The molecule has 3 aromatic heterocycles. The third-order valence-corrected chi connectivity index (χ3v) is 4.84. The number of aliphatic imine (C=N–C) groups is 1. The Kier molecular flexibility index (Phi) is 6.05. The largest absolute Gasteiger partial charge is 0.846 e. The van der Waals surface area contributed by atoms with E-state index in [4.69, 9.17) is 9.05 Å². The van der Waals surface area contributed by atoms with E-state index >= 15 is 0 Å². The molecule has 176 valence electrons. The van der Waals surface area contributed by atoms with Gasteiger partial charge in [0, 0.05) is 23.0 Å². The fraction of sp³-hybridized carbons (Fsp3) is 0.227. The van der Waals surface area contributed by atoms with Crippen LogP contribution in [-0.2, 0) is 12.7 Å². The molecule has 0 saturated heterocycles. The van der Waals surface area contributed by atoms with Gasteiger partial charge in [-0.3, -0.25) is 9.51 Å².